The van der Waals surface area contributed by atoms with Gasteiger partial charge in [-0.3, -0.25) is 4.79 Å². The van der Waals surface area contributed by atoms with Crippen molar-refractivity contribution in [2.75, 3.05) is 6.54 Å². The molecule has 2 N–H and O–H groups in total. The summed E-state index contributed by atoms with van der Waals surface area (Å²) < 4.78 is 5.64. The van der Waals surface area contributed by atoms with Crippen LogP contribution in [0.15, 0.2) is 24.3 Å². The number of ether oxygens (including phenoxy) is 1. The summed E-state index contributed by atoms with van der Waals surface area (Å²) in [7, 11) is 0. The number of nitrogens with two attached hydrogens (primary N) is 1. The highest BCUT2D eigenvalue weighted by molar-refractivity contribution is 5.98. The van der Waals surface area contributed by atoms with Crippen LogP contribution in [0.4, 0.5) is 0 Å². The van der Waals surface area contributed by atoms with Crippen LogP contribution in [-0.4, -0.2) is 18.4 Å². The lowest BCUT2D eigenvalue weighted by atomic mass is 9.88. The number of hydrogen-bond acceptors (Lipinski definition) is 3. The zero-order valence-corrected chi connectivity index (χ0v) is 11.8. The van der Waals surface area contributed by atoms with E-state index in [2.05, 4.69) is 0 Å². The van der Waals surface area contributed by atoms with Gasteiger partial charge in [0.05, 0.1) is 6.10 Å². The molecule has 1 aliphatic rings. The predicted octanol–water partition coefficient (Wildman–Crippen LogP) is 3.03. The van der Waals surface area contributed by atoms with Gasteiger partial charge in [0.2, 0.25) is 0 Å². The number of benzene rings is 1. The highest BCUT2D eigenvalue weighted by Gasteiger charge is 2.32. The number of carbonyl (C=O) groups is 1. The van der Waals surface area contributed by atoms with Gasteiger partial charge in [-0.05, 0) is 51.3 Å². The largest absolute Gasteiger partial charge is 0.491 e. The van der Waals surface area contributed by atoms with Crippen molar-refractivity contribution >= 4 is 5.78 Å². The van der Waals surface area contributed by atoms with E-state index in [-0.39, 0.29) is 17.8 Å². The van der Waals surface area contributed by atoms with Crippen molar-refractivity contribution in [2.24, 2.45) is 17.6 Å². The van der Waals surface area contributed by atoms with Crippen LogP contribution in [0.3, 0.4) is 0 Å². The summed E-state index contributed by atoms with van der Waals surface area (Å²) >= 11 is 0. The van der Waals surface area contributed by atoms with Crippen LogP contribution in [0.1, 0.15) is 43.5 Å². The Morgan fingerprint density at radius 1 is 1.42 bits per heavy atom. The van der Waals surface area contributed by atoms with Crippen LogP contribution in [-0.2, 0) is 0 Å². The highest BCUT2D eigenvalue weighted by Crippen LogP contribution is 2.34. The molecule has 1 aromatic rings. The van der Waals surface area contributed by atoms with Gasteiger partial charge in [0.15, 0.2) is 5.78 Å². The average Bonchev–Trinajstić information content (AvgIpc) is 2.85. The maximum atomic E-state index is 12.5. The first-order valence-electron chi connectivity index (χ1n) is 7.13. The first-order valence-corrected chi connectivity index (χ1v) is 7.13. The van der Waals surface area contributed by atoms with Crippen molar-refractivity contribution < 1.29 is 9.53 Å². The molecule has 0 heterocycles. The van der Waals surface area contributed by atoms with Gasteiger partial charge >= 0.3 is 0 Å². The van der Waals surface area contributed by atoms with Crippen molar-refractivity contribution in [3.63, 3.8) is 0 Å². The molecule has 1 aromatic carbocycles. The van der Waals surface area contributed by atoms with Gasteiger partial charge < -0.3 is 10.5 Å². The minimum absolute atomic E-state index is 0.0966. The van der Waals surface area contributed by atoms with E-state index in [4.69, 9.17) is 10.5 Å². The summed E-state index contributed by atoms with van der Waals surface area (Å²) in [5.74, 6) is 1.44. The molecule has 3 heteroatoms. The van der Waals surface area contributed by atoms with Crippen molar-refractivity contribution in [1.82, 2.24) is 0 Å². The van der Waals surface area contributed by atoms with E-state index in [9.17, 15) is 4.79 Å². The predicted molar refractivity (Wildman–Crippen MR) is 76.4 cm³/mol. The Bertz CT molecular complexity index is 442. The third-order valence-electron chi connectivity index (χ3n) is 3.79. The molecule has 1 fully saturated rings. The summed E-state index contributed by atoms with van der Waals surface area (Å²) in [5, 5.41) is 0. The van der Waals surface area contributed by atoms with E-state index in [0.29, 0.717) is 12.5 Å². The second kappa shape index (κ2) is 6.20. The minimum Gasteiger partial charge on any atom is -0.491 e. The standard InChI is InChI=1S/C16H23NO2/c1-11(2)19-14-7-3-5-12(9-14)16(18)15-8-4-6-13(15)10-17/h3,5,7,9,11,13,15H,4,6,8,10,17H2,1-2H3. The first kappa shape index (κ1) is 14.1. The molecule has 2 rings (SSSR count). The average molecular weight is 261 g/mol. The Labute approximate surface area is 115 Å². The van der Waals surface area contributed by atoms with Gasteiger partial charge in [-0.25, -0.2) is 0 Å². The Morgan fingerprint density at radius 3 is 2.89 bits per heavy atom. The second-order valence-electron chi connectivity index (χ2n) is 5.59. The van der Waals surface area contributed by atoms with Gasteiger partial charge in [0, 0.05) is 11.5 Å². The Kier molecular flexibility index (Phi) is 4.59. The van der Waals surface area contributed by atoms with Crippen LogP contribution in [0.25, 0.3) is 0 Å². The molecule has 0 spiro atoms. The smallest absolute Gasteiger partial charge is 0.166 e. The molecule has 1 saturated carbocycles. The van der Waals surface area contributed by atoms with Gasteiger partial charge in [-0.15, -0.1) is 0 Å². The van der Waals surface area contributed by atoms with Crippen molar-refractivity contribution in [1.29, 1.82) is 0 Å². The topological polar surface area (TPSA) is 52.3 Å². The van der Waals surface area contributed by atoms with Crippen LogP contribution in [0.5, 0.6) is 5.75 Å². The summed E-state index contributed by atoms with van der Waals surface area (Å²) in [6, 6.07) is 7.51. The van der Waals surface area contributed by atoms with E-state index in [1.165, 1.54) is 0 Å². The Hall–Kier alpha value is -1.35. The van der Waals surface area contributed by atoms with Gasteiger partial charge in [0.1, 0.15) is 5.75 Å². The monoisotopic (exact) mass is 261 g/mol. The fraction of sp³-hybridized carbons (Fsp3) is 0.562. The molecule has 0 amide bonds. The summed E-state index contributed by atoms with van der Waals surface area (Å²) in [6.07, 6.45) is 3.28. The van der Waals surface area contributed by atoms with E-state index < -0.39 is 0 Å². The number of hydrogen-bond donors (Lipinski definition) is 1. The zero-order valence-electron chi connectivity index (χ0n) is 11.8. The Balaban J connectivity index is 2.14. The van der Waals surface area contributed by atoms with Crippen LogP contribution >= 0.6 is 0 Å². The maximum absolute atomic E-state index is 12.5. The maximum Gasteiger partial charge on any atom is 0.166 e. The zero-order chi connectivity index (χ0) is 13.8. The lowest BCUT2D eigenvalue weighted by molar-refractivity contribution is 0.0892. The molecule has 2 atom stereocenters. The quantitative estimate of drug-likeness (QED) is 0.829. The molecule has 0 aliphatic heterocycles. The van der Waals surface area contributed by atoms with Gasteiger partial charge in [0.25, 0.3) is 0 Å². The molecule has 19 heavy (non-hydrogen) atoms. The summed E-state index contributed by atoms with van der Waals surface area (Å²) in [6.45, 7) is 4.57. The Morgan fingerprint density at radius 2 is 2.21 bits per heavy atom. The van der Waals surface area contributed by atoms with E-state index >= 15 is 0 Å². The van der Waals surface area contributed by atoms with Crippen molar-refractivity contribution in [2.45, 2.75) is 39.2 Å². The van der Waals surface area contributed by atoms with Gasteiger partial charge in [-0.2, -0.15) is 0 Å². The van der Waals surface area contributed by atoms with E-state index in [0.717, 1.165) is 30.6 Å². The van der Waals surface area contributed by atoms with Gasteiger partial charge in [-0.1, -0.05) is 18.6 Å². The first-order chi connectivity index (χ1) is 9.11. The summed E-state index contributed by atoms with van der Waals surface area (Å²) in [4.78, 5) is 12.5. The third kappa shape index (κ3) is 3.35. The number of ketones is 1. The molecular formula is C16H23NO2. The molecule has 104 valence electrons. The molecule has 3 nitrogen and oxygen atoms in total. The molecule has 2 unspecified atom stereocenters. The number of Topliss-reactive ketones (excluding diaryl/α,β-unsaturated/α-hetero) is 1. The SMILES string of the molecule is CC(C)Oc1cccc(C(=O)C2CCCC2CN)c1. The third-order valence-corrected chi connectivity index (χ3v) is 3.79. The van der Waals surface area contributed by atoms with Crippen LogP contribution in [0.2, 0.25) is 0 Å². The lowest BCUT2D eigenvalue weighted by Crippen LogP contribution is -2.25. The number of carbonyl (C=O) groups excluding carboxylic acids is 1. The van der Waals surface area contributed by atoms with Crippen LogP contribution < -0.4 is 10.5 Å². The second-order valence-corrected chi connectivity index (χ2v) is 5.59. The molecule has 0 aromatic heterocycles. The lowest BCUT2D eigenvalue weighted by Gasteiger charge is -2.17. The van der Waals surface area contributed by atoms with Crippen molar-refractivity contribution in [3.8, 4) is 5.75 Å². The normalized spacial score (nSPS) is 22.7. The van der Waals surface area contributed by atoms with E-state index in [1.54, 1.807) is 0 Å². The van der Waals surface area contributed by atoms with Crippen LogP contribution in [0, 0.1) is 11.8 Å². The van der Waals surface area contributed by atoms with E-state index in [1.807, 2.05) is 38.1 Å². The minimum atomic E-state index is 0.0966. The summed E-state index contributed by atoms with van der Waals surface area (Å²) in [5.41, 5.74) is 6.51. The van der Waals surface area contributed by atoms with Crippen molar-refractivity contribution in [3.05, 3.63) is 29.8 Å². The molecule has 1 aliphatic carbocycles. The molecule has 0 radical (unpaired) electrons. The molecular weight excluding hydrogens is 238 g/mol. The molecule has 0 bridgehead atoms. The fourth-order valence-corrected chi connectivity index (χ4v) is 2.87. The molecule has 0 saturated heterocycles. The fourth-order valence-electron chi connectivity index (χ4n) is 2.87. The highest BCUT2D eigenvalue weighted by atomic mass is 16.5. The number of rotatable bonds is 5.